The Bertz CT molecular complexity index is 464. The van der Waals surface area contributed by atoms with Crippen molar-refractivity contribution < 1.29 is 10.0 Å². The Morgan fingerprint density at radius 1 is 1.42 bits per heavy atom. The van der Waals surface area contributed by atoms with Gasteiger partial charge in [0.25, 0.3) is 0 Å². The van der Waals surface area contributed by atoms with Gasteiger partial charge < -0.3 is 15.7 Å². The molecule has 1 unspecified atom stereocenters. The maximum atomic E-state index is 11.0. The molecule has 8 nitrogen and oxygen atoms in total. The molecule has 1 aromatic heterocycles. The molecule has 0 aliphatic carbocycles. The highest BCUT2D eigenvalue weighted by molar-refractivity contribution is 5.60. The van der Waals surface area contributed by atoms with E-state index in [0.29, 0.717) is 5.95 Å². The van der Waals surface area contributed by atoms with Crippen LogP contribution in [0.2, 0.25) is 0 Å². The van der Waals surface area contributed by atoms with Crippen LogP contribution in [-0.4, -0.2) is 39.7 Å². The maximum Gasteiger partial charge on any atom is 0.332 e. The molecular formula is C11H19N5O3. The summed E-state index contributed by atoms with van der Waals surface area (Å²) < 4.78 is 0. The summed E-state index contributed by atoms with van der Waals surface area (Å²) >= 11 is 0. The van der Waals surface area contributed by atoms with E-state index in [2.05, 4.69) is 20.6 Å². The van der Waals surface area contributed by atoms with Gasteiger partial charge in [-0.1, -0.05) is 13.8 Å². The minimum absolute atomic E-state index is 0.0539. The van der Waals surface area contributed by atoms with Gasteiger partial charge in [-0.3, -0.25) is 10.1 Å². The van der Waals surface area contributed by atoms with E-state index in [1.165, 1.54) is 0 Å². The van der Waals surface area contributed by atoms with Crippen molar-refractivity contribution >= 4 is 17.5 Å². The average Bonchev–Trinajstić information content (AvgIpc) is 2.34. The molecule has 106 valence electrons. The Hall–Kier alpha value is -1.96. The minimum atomic E-state index is -0.604. The second-order valence-electron chi connectivity index (χ2n) is 4.53. The summed E-state index contributed by atoms with van der Waals surface area (Å²) in [6, 6.07) is 0. The fourth-order valence-corrected chi connectivity index (χ4v) is 1.46. The zero-order valence-electron chi connectivity index (χ0n) is 11.5. The smallest absolute Gasteiger partial charge is 0.332 e. The Morgan fingerprint density at radius 2 is 2.05 bits per heavy atom. The zero-order valence-corrected chi connectivity index (χ0v) is 11.5. The third kappa shape index (κ3) is 3.75. The molecule has 1 rings (SSSR count). The summed E-state index contributed by atoms with van der Waals surface area (Å²) in [5.74, 6) is 0.462. The second-order valence-corrected chi connectivity index (χ2v) is 4.53. The molecule has 19 heavy (non-hydrogen) atoms. The number of anilines is 2. The molecule has 1 atom stereocenters. The molecule has 0 aliphatic rings. The number of hydrogen-bond acceptors (Lipinski definition) is 7. The summed E-state index contributed by atoms with van der Waals surface area (Å²) in [6.07, 6.45) is -0.604. The fraction of sp³-hybridized carbons (Fsp3) is 0.636. The summed E-state index contributed by atoms with van der Waals surface area (Å²) in [5.41, 5.74) is 0.0980. The van der Waals surface area contributed by atoms with E-state index < -0.39 is 11.0 Å². The molecule has 1 aromatic rings. The standard InChI is InChI=1S/C11H19N5O3/c1-6(2)8(17)5-13-10-9(16(18)19)7(3)14-11(12-4)15-10/h6,8,17H,5H2,1-4H3,(H2,12,13,14,15). The third-order valence-electron chi connectivity index (χ3n) is 2.71. The first-order valence-electron chi connectivity index (χ1n) is 5.99. The van der Waals surface area contributed by atoms with E-state index in [0.717, 1.165) is 0 Å². The SMILES string of the molecule is CNc1nc(C)c([N+](=O)[O-])c(NCC(O)C(C)C)n1. The Balaban J connectivity index is 3.03. The number of rotatable bonds is 6. The van der Waals surface area contributed by atoms with Crippen LogP contribution >= 0.6 is 0 Å². The van der Waals surface area contributed by atoms with Crippen molar-refractivity contribution in [3.8, 4) is 0 Å². The normalized spacial score (nSPS) is 12.3. The van der Waals surface area contributed by atoms with Crippen LogP contribution < -0.4 is 10.6 Å². The van der Waals surface area contributed by atoms with Crippen molar-refractivity contribution in [3.63, 3.8) is 0 Å². The van der Waals surface area contributed by atoms with Crippen LogP contribution in [0.5, 0.6) is 0 Å². The Labute approximate surface area is 111 Å². The largest absolute Gasteiger partial charge is 0.391 e. The highest BCUT2D eigenvalue weighted by Crippen LogP contribution is 2.26. The van der Waals surface area contributed by atoms with E-state index in [9.17, 15) is 15.2 Å². The van der Waals surface area contributed by atoms with Crippen molar-refractivity contribution in [1.82, 2.24) is 9.97 Å². The van der Waals surface area contributed by atoms with Crippen LogP contribution in [0, 0.1) is 23.0 Å². The van der Waals surface area contributed by atoms with Crippen LogP contribution in [0.25, 0.3) is 0 Å². The zero-order chi connectivity index (χ0) is 14.6. The highest BCUT2D eigenvalue weighted by Gasteiger charge is 2.22. The summed E-state index contributed by atoms with van der Waals surface area (Å²) in [7, 11) is 1.63. The predicted octanol–water partition coefficient (Wildman–Crippen LogP) is 1.16. The topological polar surface area (TPSA) is 113 Å². The van der Waals surface area contributed by atoms with Gasteiger partial charge in [0.1, 0.15) is 5.69 Å². The lowest BCUT2D eigenvalue weighted by atomic mass is 10.1. The molecule has 0 bridgehead atoms. The number of nitrogens with zero attached hydrogens (tertiary/aromatic N) is 3. The van der Waals surface area contributed by atoms with E-state index >= 15 is 0 Å². The number of aryl methyl sites for hydroxylation is 1. The second kappa shape index (κ2) is 6.28. The lowest BCUT2D eigenvalue weighted by Crippen LogP contribution is -2.25. The van der Waals surface area contributed by atoms with Gasteiger partial charge in [0.15, 0.2) is 0 Å². The van der Waals surface area contributed by atoms with Gasteiger partial charge >= 0.3 is 5.69 Å². The van der Waals surface area contributed by atoms with Crippen LogP contribution in [0.3, 0.4) is 0 Å². The number of aliphatic hydroxyl groups excluding tert-OH is 1. The van der Waals surface area contributed by atoms with Gasteiger partial charge in [-0.25, -0.2) is 4.98 Å². The molecule has 0 amide bonds. The van der Waals surface area contributed by atoms with Crippen LogP contribution in [0.15, 0.2) is 0 Å². The first-order valence-corrected chi connectivity index (χ1v) is 5.99. The van der Waals surface area contributed by atoms with Gasteiger partial charge in [-0.15, -0.1) is 0 Å². The maximum absolute atomic E-state index is 11.0. The Morgan fingerprint density at radius 3 is 2.53 bits per heavy atom. The summed E-state index contributed by atoms with van der Waals surface area (Å²) in [5, 5.41) is 26.3. The number of aliphatic hydroxyl groups is 1. The van der Waals surface area contributed by atoms with Crippen molar-refractivity contribution in [2.45, 2.75) is 26.9 Å². The van der Waals surface area contributed by atoms with Crippen molar-refractivity contribution in [2.24, 2.45) is 5.92 Å². The van der Waals surface area contributed by atoms with Crippen LogP contribution in [-0.2, 0) is 0 Å². The number of nitro groups is 1. The van der Waals surface area contributed by atoms with Crippen molar-refractivity contribution in [1.29, 1.82) is 0 Å². The molecule has 0 aliphatic heterocycles. The molecular weight excluding hydrogens is 250 g/mol. The molecule has 8 heteroatoms. The van der Waals surface area contributed by atoms with Crippen molar-refractivity contribution in [2.75, 3.05) is 24.2 Å². The van der Waals surface area contributed by atoms with Crippen LogP contribution in [0.4, 0.5) is 17.5 Å². The molecule has 1 heterocycles. The van der Waals surface area contributed by atoms with E-state index in [-0.39, 0.29) is 29.7 Å². The first-order chi connectivity index (χ1) is 8.86. The van der Waals surface area contributed by atoms with Gasteiger partial charge in [0.05, 0.1) is 11.0 Å². The monoisotopic (exact) mass is 269 g/mol. The van der Waals surface area contributed by atoms with E-state index in [4.69, 9.17) is 0 Å². The molecule has 0 fully saturated rings. The quantitative estimate of drug-likeness (QED) is 0.524. The molecule has 0 aromatic carbocycles. The first kappa shape index (κ1) is 15.1. The third-order valence-corrected chi connectivity index (χ3v) is 2.71. The molecule has 0 saturated heterocycles. The van der Waals surface area contributed by atoms with Gasteiger partial charge in [-0.2, -0.15) is 4.98 Å². The van der Waals surface area contributed by atoms with Crippen molar-refractivity contribution in [3.05, 3.63) is 15.8 Å². The average molecular weight is 269 g/mol. The Kier molecular flexibility index (Phi) is 4.99. The molecule has 3 N–H and O–H groups in total. The summed E-state index contributed by atoms with van der Waals surface area (Å²) in [6.45, 7) is 5.47. The fourth-order valence-electron chi connectivity index (χ4n) is 1.46. The number of aromatic nitrogens is 2. The summed E-state index contributed by atoms with van der Waals surface area (Å²) in [4.78, 5) is 18.5. The lowest BCUT2D eigenvalue weighted by molar-refractivity contribution is -0.385. The lowest BCUT2D eigenvalue weighted by Gasteiger charge is -2.16. The number of hydrogen-bond donors (Lipinski definition) is 3. The molecule has 0 radical (unpaired) electrons. The molecule has 0 spiro atoms. The molecule has 0 saturated carbocycles. The van der Waals surface area contributed by atoms with Gasteiger partial charge in [0, 0.05) is 13.6 Å². The highest BCUT2D eigenvalue weighted by atomic mass is 16.6. The van der Waals surface area contributed by atoms with E-state index in [1.807, 2.05) is 13.8 Å². The predicted molar refractivity (Wildman–Crippen MR) is 72.3 cm³/mol. The van der Waals surface area contributed by atoms with Gasteiger partial charge in [0.2, 0.25) is 11.8 Å². The van der Waals surface area contributed by atoms with Crippen LogP contribution in [0.1, 0.15) is 19.5 Å². The number of nitrogens with one attached hydrogen (secondary N) is 2. The minimum Gasteiger partial charge on any atom is -0.391 e. The van der Waals surface area contributed by atoms with E-state index in [1.54, 1.807) is 14.0 Å². The van der Waals surface area contributed by atoms with Gasteiger partial charge in [-0.05, 0) is 12.8 Å².